The largest absolute Gasteiger partial charge is 0.481 e. The quantitative estimate of drug-likeness (QED) is 0.631. The number of carbonyl (C=O) groups excluding carboxylic acids is 2. The van der Waals surface area contributed by atoms with E-state index in [-0.39, 0.29) is 37.5 Å². The summed E-state index contributed by atoms with van der Waals surface area (Å²) in [6.45, 7) is 3.89. The molecule has 0 saturated heterocycles. The van der Waals surface area contributed by atoms with Gasteiger partial charge in [0.05, 0.1) is 11.8 Å². The maximum absolute atomic E-state index is 12.1. The number of carboxylic acid groups (broad SMARTS) is 1. The summed E-state index contributed by atoms with van der Waals surface area (Å²) in [5, 5.41) is 14.0. The van der Waals surface area contributed by atoms with E-state index in [0.29, 0.717) is 0 Å². The number of amides is 3. The molecule has 0 unspecified atom stereocenters. The Morgan fingerprint density at radius 2 is 1.90 bits per heavy atom. The molecule has 1 rings (SSSR count). The Balaban J connectivity index is 2.50. The molecule has 0 aromatic heterocycles. The van der Waals surface area contributed by atoms with Crippen LogP contribution >= 0.6 is 0 Å². The molecule has 3 N–H and O–H groups in total. The van der Waals surface area contributed by atoms with Crippen LogP contribution in [-0.2, 0) is 9.59 Å². The van der Waals surface area contributed by atoms with Crippen molar-refractivity contribution in [3.63, 3.8) is 0 Å². The van der Waals surface area contributed by atoms with E-state index in [1.54, 1.807) is 25.8 Å². The Bertz CT molecular complexity index is 391. The van der Waals surface area contributed by atoms with Crippen LogP contribution in [0.5, 0.6) is 0 Å². The van der Waals surface area contributed by atoms with Crippen molar-refractivity contribution in [2.24, 2.45) is 5.41 Å². The monoisotopic (exact) mass is 285 g/mol. The van der Waals surface area contributed by atoms with Crippen LogP contribution in [0.15, 0.2) is 0 Å². The smallest absolute Gasteiger partial charge is 0.317 e. The van der Waals surface area contributed by atoms with Crippen molar-refractivity contribution in [2.75, 3.05) is 20.1 Å². The van der Waals surface area contributed by atoms with E-state index >= 15 is 0 Å². The second-order valence-electron chi connectivity index (χ2n) is 5.69. The highest BCUT2D eigenvalue weighted by Crippen LogP contribution is 2.27. The Kier molecular flexibility index (Phi) is 5.35. The molecule has 1 fully saturated rings. The standard InChI is InChI=1S/C13H23N3O4/c1-13(2,11(19)14-3)8-15-12(20)16(9-4-5-9)7-6-10(17)18/h9H,4-8H2,1-3H3,(H,14,19)(H,15,20)(H,17,18). The third kappa shape index (κ3) is 4.71. The molecule has 7 nitrogen and oxygen atoms in total. The van der Waals surface area contributed by atoms with Crippen LogP contribution in [0.3, 0.4) is 0 Å². The van der Waals surface area contributed by atoms with Gasteiger partial charge in [0.1, 0.15) is 0 Å². The van der Waals surface area contributed by atoms with Gasteiger partial charge in [-0.05, 0) is 26.7 Å². The summed E-state index contributed by atoms with van der Waals surface area (Å²) in [5.41, 5.74) is -0.702. The number of aliphatic carboxylic acids is 1. The normalized spacial score (nSPS) is 14.6. The molecule has 0 aromatic carbocycles. The van der Waals surface area contributed by atoms with Gasteiger partial charge in [0.2, 0.25) is 5.91 Å². The fourth-order valence-corrected chi connectivity index (χ4v) is 1.87. The minimum atomic E-state index is -0.922. The predicted molar refractivity (Wildman–Crippen MR) is 73.2 cm³/mol. The van der Waals surface area contributed by atoms with E-state index < -0.39 is 11.4 Å². The minimum absolute atomic E-state index is 0.0667. The Hall–Kier alpha value is -1.79. The lowest BCUT2D eigenvalue weighted by Crippen LogP contribution is -2.48. The van der Waals surface area contributed by atoms with Gasteiger partial charge >= 0.3 is 12.0 Å². The van der Waals surface area contributed by atoms with Gasteiger partial charge in [0, 0.05) is 26.2 Å². The summed E-state index contributed by atoms with van der Waals surface area (Å²) in [6, 6.07) is -0.164. The van der Waals surface area contributed by atoms with E-state index in [0.717, 1.165) is 12.8 Å². The third-order valence-corrected chi connectivity index (χ3v) is 3.34. The van der Waals surface area contributed by atoms with Crippen LogP contribution in [0, 0.1) is 5.41 Å². The fourth-order valence-electron chi connectivity index (χ4n) is 1.87. The second-order valence-corrected chi connectivity index (χ2v) is 5.69. The molecule has 0 spiro atoms. The molecule has 1 aliphatic rings. The molecule has 7 heteroatoms. The zero-order valence-electron chi connectivity index (χ0n) is 12.2. The zero-order chi connectivity index (χ0) is 15.3. The van der Waals surface area contributed by atoms with E-state index in [1.807, 2.05) is 0 Å². The highest BCUT2D eigenvalue weighted by molar-refractivity contribution is 5.83. The SMILES string of the molecule is CNC(=O)C(C)(C)CNC(=O)N(CCC(=O)O)C1CC1. The van der Waals surface area contributed by atoms with Crippen LogP contribution in [0.4, 0.5) is 4.79 Å². The van der Waals surface area contributed by atoms with Gasteiger partial charge in [0.15, 0.2) is 0 Å². The van der Waals surface area contributed by atoms with Crippen molar-refractivity contribution >= 4 is 17.9 Å². The van der Waals surface area contributed by atoms with Crippen molar-refractivity contribution in [3.8, 4) is 0 Å². The number of hydrogen-bond acceptors (Lipinski definition) is 3. The van der Waals surface area contributed by atoms with Gasteiger partial charge in [-0.2, -0.15) is 0 Å². The van der Waals surface area contributed by atoms with E-state index in [9.17, 15) is 14.4 Å². The van der Waals surface area contributed by atoms with Crippen LogP contribution < -0.4 is 10.6 Å². The maximum atomic E-state index is 12.1. The van der Waals surface area contributed by atoms with Crippen molar-refractivity contribution in [1.29, 1.82) is 0 Å². The molecule has 1 aliphatic carbocycles. The number of carboxylic acids is 1. The van der Waals surface area contributed by atoms with Gasteiger partial charge in [0.25, 0.3) is 0 Å². The van der Waals surface area contributed by atoms with Gasteiger partial charge in [-0.25, -0.2) is 4.79 Å². The minimum Gasteiger partial charge on any atom is -0.481 e. The predicted octanol–water partition coefficient (Wildman–Crippen LogP) is 0.407. The maximum Gasteiger partial charge on any atom is 0.317 e. The summed E-state index contributed by atoms with van der Waals surface area (Å²) >= 11 is 0. The molecule has 20 heavy (non-hydrogen) atoms. The highest BCUT2D eigenvalue weighted by atomic mass is 16.4. The zero-order valence-corrected chi connectivity index (χ0v) is 12.2. The van der Waals surface area contributed by atoms with Crippen molar-refractivity contribution in [1.82, 2.24) is 15.5 Å². The molecular weight excluding hydrogens is 262 g/mol. The first-order chi connectivity index (χ1) is 9.27. The molecule has 0 aliphatic heterocycles. The number of hydrogen-bond donors (Lipinski definition) is 3. The molecule has 114 valence electrons. The Morgan fingerprint density at radius 1 is 1.30 bits per heavy atom. The lowest BCUT2D eigenvalue weighted by atomic mass is 9.92. The summed E-state index contributed by atoms with van der Waals surface area (Å²) in [5.74, 6) is -1.07. The summed E-state index contributed by atoms with van der Waals surface area (Å²) in [7, 11) is 1.55. The Labute approximate surface area is 118 Å². The number of carbonyl (C=O) groups is 3. The lowest BCUT2D eigenvalue weighted by Gasteiger charge is -2.27. The van der Waals surface area contributed by atoms with Gasteiger partial charge in [-0.15, -0.1) is 0 Å². The van der Waals surface area contributed by atoms with E-state index in [2.05, 4.69) is 10.6 Å². The summed E-state index contributed by atoms with van der Waals surface area (Å²) in [4.78, 5) is 35.9. The van der Waals surface area contributed by atoms with Crippen molar-refractivity contribution < 1.29 is 19.5 Å². The first-order valence-corrected chi connectivity index (χ1v) is 6.76. The van der Waals surface area contributed by atoms with Crippen LogP contribution in [0.1, 0.15) is 33.1 Å². The average molecular weight is 285 g/mol. The Morgan fingerprint density at radius 3 is 2.35 bits per heavy atom. The summed E-state index contributed by atoms with van der Waals surface area (Å²) < 4.78 is 0. The molecule has 0 atom stereocenters. The number of rotatable bonds is 7. The van der Waals surface area contributed by atoms with Gasteiger partial charge in [-0.1, -0.05) is 0 Å². The van der Waals surface area contributed by atoms with Crippen LogP contribution in [0.2, 0.25) is 0 Å². The number of urea groups is 1. The summed E-state index contributed by atoms with van der Waals surface area (Å²) in [6.07, 6.45) is 1.75. The first-order valence-electron chi connectivity index (χ1n) is 6.76. The molecule has 0 bridgehead atoms. The van der Waals surface area contributed by atoms with Gasteiger partial charge in [-0.3, -0.25) is 9.59 Å². The van der Waals surface area contributed by atoms with Crippen molar-refractivity contribution in [2.45, 2.75) is 39.2 Å². The molecule has 1 saturated carbocycles. The van der Waals surface area contributed by atoms with Crippen LogP contribution in [0.25, 0.3) is 0 Å². The number of nitrogens with one attached hydrogen (secondary N) is 2. The van der Waals surface area contributed by atoms with E-state index in [1.165, 1.54) is 0 Å². The lowest BCUT2D eigenvalue weighted by molar-refractivity contribution is -0.137. The third-order valence-electron chi connectivity index (χ3n) is 3.34. The van der Waals surface area contributed by atoms with Crippen LogP contribution in [-0.4, -0.2) is 54.1 Å². The van der Waals surface area contributed by atoms with Gasteiger partial charge < -0.3 is 20.6 Å². The second kappa shape index (κ2) is 6.58. The molecule has 0 heterocycles. The molecular formula is C13H23N3O4. The average Bonchev–Trinajstić information content (AvgIpc) is 3.19. The number of nitrogens with zero attached hydrogens (tertiary/aromatic N) is 1. The molecule has 0 aromatic rings. The van der Waals surface area contributed by atoms with Crippen molar-refractivity contribution in [3.05, 3.63) is 0 Å². The topological polar surface area (TPSA) is 98.7 Å². The molecule has 0 radical (unpaired) electrons. The first kappa shape index (κ1) is 16.3. The van der Waals surface area contributed by atoms with E-state index in [4.69, 9.17) is 5.11 Å². The molecule has 3 amide bonds. The fraction of sp³-hybridized carbons (Fsp3) is 0.769. The highest BCUT2D eigenvalue weighted by Gasteiger charge is 2.34.